The van der Waals surface area contributed by atoms with Gasteiger partial charge in [0.25, 0.3) is 0 Å². The normalized spacial score (nSPS) is 14.6. The third kappa shape index (κ3) is 5.76. The number of para-hydroxylation sites is 1. The van der Waals surface area contributed by atoms with E-state index in [1.165, 1.54) is 6.92 Å². The zero-order chi connectivity index (χ0) is 19.1. The molecule has 0 saturated carbocycles. The maximum atomic E-state index is 12.6. The van der Waals surface area contributed by atoms with Gasteiger partial charge in [-0.3, -0.25) is 9.59 Å². The number of hydrogen-bond acceptors (Lipinski definition) is 4. The summed E-state index contributed by atoms with van der Waals surface area (Å²) in [4.78, 5) is 27.0. The Bertz CT molecular complexity index is 759. The Morgan fingerprint density at radius 2 is 1.67 bits per heavy atom. The Morgan fingerprint density at radius 1 is 1.04 bits per heavy atom. The molecule has 0 radical (unpaired) electrons. The largest absolute Gasteiger partial charge is 0.457 e. The second kappa shape index (κ2) is 9.46. The minimum Gasteiger partial charge on any atom is -0.457 e. The molecule has 0 bridgehead atoms. The van der Waals surface area contributed by atoms with Crippen molar-refractivity contribution in [2.45, 2.75) is 30.7 Å². The van der Waals surface area contributed by atoms with Crippen LogP contribution in [0.1, 0.15) is 19.8 Å². The van der Waals surface area contributed by atoms with Crippen LogP contribution in [0.4, 0.5) is 0 Å². The molecule has 6 heteroatoms. The van der Waals surface area contributed by atoms with Gasteiger partial charge in [-0.15, -0.1) is 11.8 Å². The zero-order valence-electron chi connectivity index (χ0n) is 15.4. The fourth-order valence-corrected chi connectivity index (χ4v) is 3.90. The number of amides is 2. The third-order valence-electron chi connectivity index (χ3n) is 4.31. The van der Waals surface area contributed by atoms with Crippen molar-refractivity contribution in [1.29, 1.82) is 0 Å². The molecule has 1 aliphatic heterocycles. The lowest BCUT2D eigenvalue weighted by Gasteiger charge is -2.23. The lowest BCUT2D eigenvalue weighted by Crippen LogP contribution is -2.48. The lowest BCUT2D eigenvalue weighted by molar-refractivity contribution is -0.134. The van der Waals surface area contributed by atoms with Crippen LogP contribution in [0.2, 0.25) is 0 Å². The fraction of sp³-hybridized carbons (Fsp3) is 0.333. The van der Waals surface area contributed by atoms with Crippen LogP contribution in [0.25, 0.3) is 0 Å². The van der Waals surface area contributed by atoms with Gasteiger partial charge in [-0.1, -0.05) is 18.2 Å². The Balaban J connectivity index is 1.57. The Labute approximate surface area is 164 Å². The number of rotatable bonds is 7. The zero-order valence-corrected chi connectivity index (χ0v) is 16.2. The number of ether oxygens (including phenoxy) is 1. The van der Waals surface area contributed by atoms with E-state index in [0.29, 0.717) is 5.75 Å². The Hall–Kier alpha value is -2.47. The molecule has 3 rings (SSSR count). The van der Waals surface area contributed by atoms with Crippen LogP contribution in [0.5, 0.6) is 11.5 Å². The molecule has 27 heavy (non-hydrogen) atoms. The highest BCUT2D eigenvalue weighted by Crippen LogP contribution is 2.26. The lowest BCUT2D eigenvalue weighted by atomic mass is 10.3. The number of benzene rings is 2. The van der Waals surface area contributed by atoms with Crippen molar-refractivity contribution < 1.29 is 14.3 Å². The van der Waals surface area contributed by atoms with E-state index in [9.17, 15) is 9.59 Å². The Kier molecular flexibility index (Phi) is 6.76. The van der Waals surface area contributed by atoms with Gasteiger partial charge in [0.15, 0.2) is 0 Å². The van der Waals surface area contributed by atoms with Crippen LogP contribution in [0.15, 0.2) is 59.5 Å². The van der Waals surface area contributed by atoms with Crippen molar-refractivity contribution in [3.8, 4) is 11.5 Å². The van der Waals surface area contributed by atoms with Crippen molar-refractivity contribution in [2.24, 2.45) is 0 Å². The van der Waals surface area contributed by atoms with Crippen molar-refractivity contribution in [2.75, 3.05) is 18.8 Å². The van der Waals surface area contributed by atoms with E-state index in [-0.39, 0.29) is 11.8 Å². The smallest absolute Gasteiger partial charge is 0.246 e. The van der Waals surface area contributed by atoms with Gasteiger partial charge < -0.3 is 15.0 Å². The van der Waals surface area contributed by atoms with Gasteiger partial charge in [0.2, 0.25) is 11.8 Å². The minimum absolute atomic E-state index is 0.0132. The van der Waals surface area contributed by atoms with Gasteiger partial charge in [-0.05, 0) is 49.2 Å². The first kappa shape index (κ1) is 19.3. The summed E-state index contributed by atoms with van der Waals surface area (Å²) in [6, 6.07) is 16.9. The molecule has 142 valence electrons. The van der Waals surface area contributed by atoms with E-state index in [4.69, 9.17) is 4.74 Å². The van der Waals surface area contributed by atoms with Crippen LogP contribution in [-0.2, 0) is 9.59 Å². The van der Waals surface area contributed by atoms with Crippen molar-refractivity contribution in [3.05, 3.63) is 54.6 Å². The second-order valence-corrected chi connectivity index (χ2v) is 7.58. The van der Waals surface area contributed by atoms with E-state index in [0.717, 1.165) is 42.3 Å². The molecule has 2 aromatic carbocycles. The molecule has 1 saturated heterocycles. The van der Waals surface area contributed by atoms with E-state index >= 15 is 0 Å². The highest BCUT2D eigenvalue weighted by Gasteiger charge is 2.27. The van der Waals surface area contributed by atoms with Crippen molar-refractivity contribution >= 4 is 23.6 Å². The van der Waals surface area contributed by atoms with E-state index in [1.54, 1.807) is 11.8 Å². The summed E-state index contributed by atoms with van der Waals surface area (Å²) < 4.78 is 5.79. The molecular formula is C21H24N2O3S. The molecule has 2 aromatic rings. The van der Waals surface area contributed by atoms with Crippen molar-refractivity contribution in [1.82, 2.24) is 10.2 Å². The molecule has 1 aliphatic rings. The van der Waals surface area contributed by atoms with Gasteiger partial charge in [-0.25, -0.2) is 0 Å². The molecule has 1 unspecified atom stereocenters. The average molecular weight is 385 g/mol. The van der Waals surface area contributed by atoms with Crippen LogP contribution in [0, 0.1) is 0 Å². The molecule has 5 nitrogen and oxygen atoms in total. The summed E-state index contributed by atoms with van der Waals surface area (Å²) in [6.07, 6.45) is 2.07. The number of thioether (sulfide) groups is 1. The predicted octanol–water partition coefficient (Wildman–Crippen LogP) is 3.70. The molecule has 1 fully saturated rings. The summed E-state index contributed by atoms with van der Waals surface area (Å²) in [5, 5.41) is 2.80. The Morgan fingerprint density at radius 3 is 2.30 bits per heavy atom. The molecule has 0 aromatic heterocycles. The predicted molar refractivity (Wildman–Crippen MR) is 107 cm³/mol. The fourth-order valence-electron chi connectivity index (χ4n) is 2.99. The van der Waals surface area contributed by atoms with Gasteiger partial charge in [-0.2, -0.15) is 0 Å². The highest BCUT2D eigenvalue weighted by atomic mass is 32.2. The van der Waals surface area contributed by atoms with Gasteiger partial charge in [0.1, 0.15) is 17.5 Å². The summed E-state index contributed by atoms with van der Waals surface area (Å²) in [5.41, 5.74) is 0. The molecule has 0 spiro atoms. The van der Waals surface area contributed by atoms with Gasteiger partial charge in [0.05, 0.1) is 0 Å². The second-order valence-electron chi connectivity index (χ2n) is 6.48. The summed E-state index contributed by atoms with van der Waals surface area (Å²) >= 11 is 1.55. The van der Waals surface area contributed by atoms with E-state index in [1.807, 2.05) is 59.5 Å². The number of carbonyl (C=O) groups is 2. The standard InChI is InChI=1S/C21H24N2O3S/c1-16(24)22-20(21(25)23-13-5-6-14-23)15-27-19-11-9-18(10-12-19)26-17-7-3-2-4-8-17/h2-4,7-12,20H,5-6,13-15H2,1H3,(H,22,24). The molecule has 1 heterocycles. The summed E-state index contributed by atoms with van der Waals surface area (Å²) in [7, 11) is 0. The summed E-state index contributed by atoms with van der Waals surface area (Å²) in [6.45, 7) is 3.01. The highest BCUT2D eigenvalue weighted by molar-refractivity contribution is 7.99. The minimum atomic E-state index is -0.495. The van der Waals surface area contributed by atoms with Crippen LogP contribution in [0.3, 0.4) is 0 Å². The van der Waals surface area contributed by atoms with Gasteiger partial charge >= 0.3 is 0 Å². The van der Waals surface area contributed by atoms with E-state index < -0.39 is 6.04 Å². The summed E-state index contributed by atoms with van der Waals surface area (Å²) in [5.74, 6) is 1.89. The number of likely N-dealkylation sites (tertiary alicyclic amines) is 1. The van der Waals surface area contributed by atoms with Crippen LogP contribution < -0.4 is 10.1 Å². The maximum Gasteiger partial charge on any atom is 0.246 e. The first-order chi connectivity index (χ1) is 13.1. The monoisotopic (exact) mass is 384 g/mol. The first-order valence-electron chi connectivity index (χ1n) is 9.13. The number of carbonyl (C=O) groups excluding carboxylic acids is 2. The molecule has 0 aliphatic carbocycles. The molecule has 2 amide bonds. The maximum absolute atomic E-state index is 12.6. The topological polar surface area (TPSA) is 58.6 Å². The number of nitrogens with one attached hydrogen (secondary N) is 1. The molecule has 1 atom stereocenters. The molecular weight excluding hydrogens is 360 g/mol. The number of nitrogens with zero attached hydrogens (tertiary/aromatic N) is 1. The first-order valence-corrected chi connectivity index (χ1v) is 10.1. The van der Waals surface area contributed by atoms with Crippen LogP contribution in [-0.4, -0.2) is 41.6 Å². The number of hydrogen-bond donors (Lipinski definition) is 1. The van der Waals surface area contributed by atoms with E-state index in [2.05, 4.69) is 5.32 Å². The van der Waals surface area contributed by atoms with Crippen LogP contribution >= 0.6 is 11.8 Å². The SMILES string of the molecule is CC(=O)NC(CSc1ccc(Oc2ccccc2)cc1)C(=O)N1CCCC1. The van der Waals surface area contributed by atoms with Crippen molar-refractivity contribution in [3.63, 3.8) is 0 Å². The third-order valence-corrected chi connectivity index (χ3v) is 5.42. The molecule has 1 N–H and O–H groups in total. The average Bonchev–Trinajstić information content (AvgIpc) is 3.21. The quantitative estimate of drug-likeness (QED) is 0.740. The van der Waals surface area contributed by atoms with Gasteiger partial charge in [0, 0.05) is 30.7 Å².